The molecular formula is C13H21ClN4OS. The van der Waals surface area contributed by atoms with Gasteiger partial charge in [-0.2, -0.15) is 4.98 Å². The molecule has 0 atom stereocenters. The molecule has 0 aliphatic heterocycles. The molecule has 112 valence electrons. The van der Waals surface area contributed by atoms with E-state index < -0.39 is 5.54 Å². The number of hydrogen-bond acceptors (Lipinski definition) is 6. The second kappa shape index (κ2) is 7.17. The van der Waals surface area contributed by atoms with Crippen molar-refractivity contribution >= 4 is 23.7 Å². The fourth-order valence-electron chi connectivity index (χ4n) is 1.65. The lowest BCUT2D eigenvalue weighted by Gasteiger charge is -2.13. The zero-order valence-electron chi connectivity index (χ0n) is 12.0. The predicted octanol–water partition coefficient (Wildman–Crippen LogP) is 2.42. The fourth-order valence-corrected chi connectivity index (χ4v) is 2.34. The highest BCUT2D eigenvalue weighted by Crippen LogP contribution is 2.14. The van der Waals surface area contributed by atoms with Gasteiger partial charge in [-0.15, -0.1) is 23.7 Å². The Kier molecular flexibility index (Phi) is 6.13. The van der Waals surface area contributed by atoms with Gasteiger partial charge in [-0.25, -0.2) is 0 Å². The van der Waals surface area contributed by atoms with Crippen molar-refractivity contribution in [2.45, 2.75) is 32.4 Å². The lowest BCUT2D eigenvalue weighted by molar-refractivity contribution is 0.268. The number of likely N-dealkylation sites (N-methyl/N-ethyl adjacent to an activating group) is 1. The minimum absolute atomic E-state index is 0. The highest BCUT2D eigenvalue weighted by molar-refractivity contribution is 7.09. The quantitative estimate of drug-likeness (QED) is 0.886. The van der Waals surface area contributed by atoms with Crippen molar-refractivity contribution in [1.82, 2.24) is 15.0 Å². The molecule has 5 nitrogen and oxygen atoms in total. The van der Waals surface area contributed by atoms with Crippen molar-refractivity contribution in [3.8, 4) is 0 Å². The minimum atomic E-state index is -0.558. The van der Waals surface area contributed by atoms with Crippen molar-refractivity contribution in [3.63, 3.8) is 0 Å². The number of rotatable bonds is 6. The van der Waals surface area contributed by atoms with E-state index in [4.69, 9.17) is 10.3 Å². The summed E-state index contributed by atoms with van der Waals surface area (Å²) in [5, 5.41) is 6.01. The van der Waals surface area contributed by atoms with Crippen molar-refractivity contribution in [2.75, 3.05) is 13.6 Å². The van der Waals surface area contributed by atoms with E-state index in [0.717, 1.165) is 13.0 Å². The molecule has 20 heavy (non-hydrogen) atoms. The number of nitrogens with two attached hydrogens (primary N) is 1. The molecule has 0 spiro atoms. The summed E-state index contributed by atoms with van der Waals surface area (Å²) < 4.78 is 5.22. The van der Waals surface area contributed by atoms with Gasteiger partial charge in [-0.05, 0) is 38.8 Å². The van der Waals surface area contributed by atoms with Crippen molar-refractivity contribution < 1.29 is 4.52 Å². The highest BCUT2D eigenvalue weighted by atomic mass is 35.5. The Balaban J connectivity index is 0.00000200. The Bertz CT molecular complexity index is 507. The number of aromatic nitrogens is 2. The lowest BCUT2D eigenvalue weighted by atomic mass is 10.1. The maximum atomic E-state index is 5.93. The molecule has 2 rings (SSSR count). The van der Waals surface area contributed by atoms with Crippen molar-refractivity contribution in [3.05, 3.63) is 34.1 Å². The average Bonchev–Trinajstić information content (AvgIpc) is 2.95. The summed E-state index contributed by atoms with van der Waals surface area (Å²) in [5.74, 6) is 1.16. The smallest absolute Gasteiger partial charge is 0.240 e. The predicted molar refractivity (Wildman–Crippen MR) is 83.1 cm³/mol. The molecule has 0 unspecified atom stereocenters. The highest BCUT2D eigenvalue weighted by Gasteiger charge is 2.21. The third-order valence-corrected chi connectivity index (χ3v) is 3.71. The second-order valence-electron chi connectivity index (χ2n) is 5.30. The Morgan fingerprint density at radius 2 is 2.20 bits per heavy atom. The van der Waals surface area contributed by atoms with E-state index in [-0.39, 0.29) is 12.4 Å². The summed E-state index contributed by atoms with van der Waals surface area (Å²) in [6.45, 7) is 5.34. The molecule has 0 radical (unpaired) electrons. The van der Waals surface area contributed by atoms with Gasteiger partial charge in [-0.3, -0.25) is 4.90 Å². The standard InChI is InChI=1S/C13H20N4OS.ClH/c1-13(2,14)12-15-11(18-16-12)9-17(3)7-6-10-5-4-8-19-10;/h4-5,8H,6-7,9,14H2,1-3H3;1H. The first-order valence-corrected chi connectivity index (χ1v) is 7.16. The lowest BCUT2D eigenvalue weighted by Crippen LogP contribution is -2.30. The normalized spacial score (nSPS) is 11.7. The summed E-state index contributed by atoms with van der Waals surface area (Å²) in [6.07, 6.45) is 1.04. The number of halogens is 1. The molecular weight excluding hydrogens is 296 g/mol. The molecule has 0 fully saturated rings. The van der Waals surface area contributed by atoms with Crippen molar-refractivity contribution in [1.29, 1.82) is 0 Å². The van der Waals surface area contributed by atoms with Crippen LogP contribution in [0.4, 0.5) is 0 Å². The second-order valence-corrected chi connectivity index (χ2v) is 6.33. The first kappa shape index (κ1) is 17.1. The van der Waals surface area contributed by atoms with Crippen LogP contribution in [0.1, 0.15) is 30.4 Å². The summed E-state index contributed by atoms with van der Waals surface area (Å²) in [4.78, 5) is 7.88. The van der Waals surface area contributed by atoms with Gasteiger partial charge in [0.05, 0.1) is 12.1 Å². The van der Waals surface area contributed by atoms with Crippen LogP contribution in [0.2, 0.25) is 0 Å². The SMILES string of the molecule is CN(CCc1cccs1)Cc1nc(C(C)(C)N)no1.Cl. The van der Waals surface area contributed by atoms with Crippen molar-refractivity contribution in [2.24, 2.45) is 5.73 Å². The van der Waals surface area contributed by atoms with Gasteiger partial charge in [0.15, 0.2) is 5.82 Å². The maximum absolute atomic E-state index is 5.93. The average molecular weight is 317 g/mol. The zero-order chi connectivity index (χ0) is 13.9. The first-order valence-electron chi connectivity index (χ1n) is 6.28. The Morgan fingerprint density at radius 1 is 1.45 bits per heavy atom. The van der Waals surface area contributed by atoms with E-state index in [1.54, 1.807) is 11.3 Å². The Labute approximate surface area is 129 Å². The van der Waals surface area contributed by atoms with Crippen LogP contribution in [0.3, 0.4) is 0 Å². The van der Waals surface area contributed by atoms with Gasteiger partial charge in [0.25, 0.3) is 0 Å². The Hall–Kier alpha value is -0.950. The van der Waals surface area contributed by atoms with Gasteiger partial charge in [0, 0.05) is 11.4 Å². The third kappa shape index (κ3) is 4.86. The minimum Gasteiger partial charge on any atom is -0.338 e. The zero-order valence-corrected chi connectivity index (χ0v) is 13.6. The van der Waals surface area contributed by atoms with Crippen LogP contribution < -0.4 is 5.73 Å². The summed E-state index contributed by atoms with van der Waals surface area (Å²) in [6, 6.07) is 4.23. The molecule has 7 heteroatoms. The van der Waals surface area contributed by atoms with Gasteiger partial charge >= 0.3 is 0 Å². The summed E-state index contributed by atoms with van der Waals surface area (Å²) in [5.41, 5.74) is 5.37. The maximum Gasteiger partial charge on any atom is 0.240 e. The van der Waals surface area contributed by atoms with Gasteiger partial charge in [0.1, 0.15) is 0 Å². The van der Waals surface area contributed by atoms with Gasteiger partial charge in [0.2, 0.25) is 5.89 Å². The molecule has 0 aliphatic carbocycles. The Morgan fingerprint density at radius 3 is 2.75 bits per heavy atom. The molecule has 0 saturated carbocycles. The van der Waals surface area contributed by atoms with E-state index in [1.165, 1.54) is 4.88 Å². The van der Waals surface area contributed by atoms with Gasteiger partial charge < -0.3 is 10.3 Å². The molecule has 2 heterocycles. The van der Waals surface area contributed by atoms with E-state index in [0.29, 0.717) is 18.3 Å². The number of hydrogen-bond donors (Lipinski definition) is 1. The molecule has 2 aromatic rings. The number of nitrogens with zero attached hydrogens (tertiary/aromatic N) is 3. The van der Waals surface area contributed by atoms with E-state index in [2.05, 4.69) is 32.6 Å². The topological polar surface area (TPSA) is 68.2 Å². The van der Waals surface area contributed by atoms with E-state index in [9.17, 15) is 0 Å². The van der Waals surface area contributed by atoms with Gasteiger partial charge in [-0.1, -0.05) is 11.2 Å². The monoisotopic (exact) mass is 316 g/mol. The molecule has 0 aliphatic rings. The van der Waals surface area contributed by atoms with Crippen LogP contribution in [-0.2, 0) is 18.5 Å². The van der Waals surface area contributed by atoms with Crippen LogP contribution in [-0.4, -0.2) is 28.6 Å². The summed E-state index contributed by atoms with van der Waals surface area (Å²) in [7, 11) is 2.05. The van der Waals surface area contributed by atoms with Crippen LogP contribution in [0, 0.1) is 0 Å². The summed E-state index contributed by atoms with van der Waals surface area (Å²) >= 11 is 1.78. The van der Waals surface area contributed by atoms with Crippen LogP contribution in [0.5, 0.6) is 0 Å². The number of thiophene rings is 1. The van der Waals surface area contributed by atoms with E-state index in [1.807, 2.05) is 20.9 Å². The van der Waals surface area contributed by atoms with E-state index >= 15 is 0 Å². The molecule has 2 aromatic heterocycles. The first-order chi connectivity index (χ1) is 8.95. The van der Waals surface area contributed by atoms with Crippen LogP contribution in [0.15, 0.2) is 22.0 Å². The molecule has 0 saturated heterocycles. The molecule has 0 aromatic carbocycles. The molecule has 2 N–H and O–H groups in total. The van der Waals surface area contributed by atoms with Crippen LogP contribution in [0.25, 0.3) is 0 Å². The van der Waals surface area contributed by atoms with Crippen LogP contribution >= 0.6 is 23.7 Å². The fraction of sp³-hybridized carbons (Fsp3) is 0.538. The largest absolute Gasteiger partial charge is 0.338 e. The molecule has 0 amide bonds. The third-order valence-electron chi connectivity index (χ3n) is 2.77. The molecule has 0 bridgehead atoms.